The van der Waals surface area contributed by atoms with Gasteiger partial charge in [0.15, 0.2) is 5.69 Å². The molecule has 0 amide bonds. The Kier molecular flexibility index (Phi) is 3.81. The molecular formula is C12H9F3N4S. The van der Waals surface area contributed by atoms with Crippen LogP contribution in [0, 0.1) is 11.3 Å². The number of hydrogen-bond donors (Lipinski definition) is 1. The van der Waals surface area contributed by atoms with Crippen LogP contribution in [0.15, 0.2) is 30.3 Å². The first-order chi connectivity index (χ1) is 9.41. The smallest absolute Gasteiger partial charge is 0.297 e. The molecule has 0 aliphatic heterocycles. The Morgan fingerprint density at radius 3 is 2.45 bits per heavy atom. The second-order valence-electron chi connectivity index (χ2n) is 3.82. The van der Waals surface area contributed by atoms with E-state index in [9.17, 15) is 13.2 Å². The third-order valence-electron chi connectivity index (χ3n) is 2.34. The minimum absolute atomic E-state index is 0.0673. The number of halogens is 3. The lowest BCUT2D eigenvalue weighted by Gasteiger charge is -2.18. The fourth-order valence-electron chi connectivity index (χ4n) is 1.47. The fourth-order valence-corrected chi connectivity index (χ4v) is 2.28. The molecule has 0 bridgehead atoms. The van der Waals surface area contributed by atoms with Gasteiger partial charge in [-0.2, -0.15) is 18.4 Å². The van der Waals surface area contributed by atoms with Crippen molar-refractivity contribution in [2.45, 2.75) is 6.18 Å². The van der Waals surface area contributed by atoms with Crippen molar-refractivity contribution in [2.24, 2.45) is 0 Å². The van der Waals surface area contributed by atoms with E-state index in [1.165, 1.54) is 18.1 Å². The van der Waals surface area contributed by atoms with Gasteiger partial charge in [0.05, 0.1) is 5.69 Å². The summed E-state index contributed by atoms with van der Waals surface area (Å²) in [7, 11) is 1.53. The highest BCUT2D eigenvalue weighted by Crippen LogP contribution is 2.36. The van der Waals surface area contributed by atoms with E-state index in [2.05, 4.69) is 10.4 Å². The highest BCUT2D eigenvalue weighted by Gasteiger charge is 2.38. The zero-order chi connectivity index (χ0) is 14.8. The molecule has 2 rings (SSSR count). The molecule has 1 N–H and O–H groups in total. The van der Waals surface area contributed by atoms with Gasteiger partial charge in [0, 0.05) is 7.05 Å². The van der Waals surface area contributed by atoms with Crippen LogP contribution in [0.2, 0.25) is 0 Å². The first kappa shape index (κ1) is 14.1. The number of hydrogen-bond acceptors (Lipinski definition) is 5. The molecule has 0 atom stereocenters. The Hall–Kier alpha value is -2.27. The Morgan fingerprint density at radius 1 is 1.30 bits per heavy atom. The van der Waals surface area contributed by atoms with Gasteiger partial charge in [-0.1, -0.05) is 29.5 Å². The topological polar surface area (TPSA) is 52.0 Å². The minimum atomic E-state index is -4.63. The van der Waals surface area contributed by atoms with Crippen molar-refractivity contribution in [3.05, 3.63) is 40.9 Å². The number of benzene rings is 1. The minimum Gasteiger partial charge on any atom is -0.297 e. The second kappa shape index (κ2) is 5.38. The summed E-state index contributed by atoms with van der Waals surface area (Å²) in [6, 6.07) is 10.5. The van der Waals surface area contributed by atoms with Crippen LogP contribution in [0.4, 0.5) is 24.0 Å². The quantitative estimate of drug-likeness (QED) is 0.881. The summed E-state index contributed by atoms with van der Waals surface area (Å²) in [6.07, 6.45) is -4.63. The number of para-hydroxylation sites is 1. The second-order valence-corrected chi connectivity index (χ2v) is 4.80. The molecule has 0 unspecified atom stereocenters. The number of alkyl halides is 3. The highest BCUT2D eigenvalue weighted by atomic mass is 32.1. The maximum atomic E-state index is 12.7. The van der Waals surface area contributed by atoms with Crippen molar-refractivity contribution in [3.8, 4) is 6.07 Å². The summed E-state index contributed by atoms with van der Waals surface area (Å²) in [5, 5.41) is 10.2. The normalized spacial score (nSPS) is 10.9. The first-order valence-electron chi connectivity index (χ1n) is 5.45. The molecule has 104 valence electrons. The lowest BCUT2D eigenvalue weighted by Crippen LogP contribution is -2.24. The molecule has 8 heteroatoms. The van der Waals surface area contributed by atoms with Crippen LogP contribution in [0.25, 0.3) is 0 Å². The third kappa shape index (κ3) is 3.00. The van der Waals surface area contributed by atoms with Gasteiger partial charge in [-0.25, -0.2) is 4.98 Å². The molecule has 1 aromatic heterocycles. The van der Waals surface area contributed by atoms with Crippen LogP contribution in [-0.2, 0) is 6.18 Å². The molecular weight excluding hydrogens is 289 g/mol. The van der Waals surface area contributed by atoms with Crippen molar-refractivity contribution in [1.82, 2.24) is 4.98 Å². The van der Waals surface area contributed by atoms with E-state index >= 15 is 0 Å². The molecule has 0 saturated heterocycles. The average molecular weight is 298 g/mol. The van der Waals surface area contributed by atoms with Crippen molar-refractivity contribution >= 4 is 22.2 Å². The van der Waals surface area contributed by atoms with E-state index in [1.54, 1.807) is 24.3 Å². The molecule has 2 aromatic rings. The average Bonchev–Trinajstić information content (AvgIpc) is 2.84. The molecule has 0 fully saturated rings. The Labute approximate surface area is 117 Å². The van der Waals surface area contributed by atoms with Gasteiger partial charge < -0.3 is 0 Å². The number of nitrogens with zero attached hydrogens (tertiary/aromatic N) is 3. The summed E-state index contributed by atoms with van der Waals surface area (Å²) in [6.45, 7) is 0. The first-order valence-corrected chi connectivity index (χ1v) is 6.27. The van der Waals surface area contributed by atoms with E-state index in [4.69, 9.17) is 5.26 Å². The van der Waals surface area contributed by atoms with Gasteiger partial charge in [-0.3, -0.25) is 10.4 Å². The van der Waals surface area contributed by atoms with Crippen LogP contribution in [0.3, 0.4) is 0 Å². The van der Waals surface area contributed by atoms with E-state index < -0.39 is 16.7 Å². The Balaban J connectivity index is 2.26. The number of anilines is 2. The molecule has 1 aromatic carbocycles. The number of nitriles is 1. The number of thiazole rings is 1. The zero-order valence-corrected chi connectivity index (χ0v) is 11.1. The van der Waals surface area contributed by atoms with Gasteiger partial charge in [-0.15, -0.1) is 0 Å². The van der Waals surface area contributed by atoms with Gasteiger partial charge in [0.2, 0.25) is 5.13 Å². The van der Waals surface area contributed by atoms with Crippen LogP contribution in [-0.4, -0.2) is 12.0 Å². The predicted octanol–water partition coefficient (Wildman–Crippen LogP) is 3.50. The lowest BCUT2D eigenvalue weighted by molar-refractivity contribution is -0.140. The Morgan fingerprint density at radius 2 is 1.95 bits per heavy atom. The largest absolute Gasteiger partial charge is 0.435 e. The molecule has 0 saturated carbocycles. The maximum absolute atomic E-state index is 12.7. The molecule has 0 aliphatic carbocycles. The summed E-state index contributed by atoms with van der Waals surface area (Å²) in [4.78, 5) is 3.03. The highest BCUT2D eigenvalue weighted by molar-refractivity contribution is 7.16. The van der Waals surface area contributed by atoms with E-state index in [0.717, 1.165) is 0 Å². The fraction of sp³-hybridized carbons (Fsp3) is 0.167. The van der Waals surface area contributed by atoms with Gasteiger partial charge in [0.1, 0.15) is 10.9 Å². The number of aromatic nitrogens is 1. The monoisotopic (exact) mass is 298 g/mol. The summed E-state index contributed by atoms with van der Waals surface area (Å²) in [5.74, 6) is 0. The SMILES string of the molecule is CN(Nc1ccccc1)c1nc(C(F)(F)F)c(C#N)s1. The summed E-state index contributed by atoms with van der Waals surface area (Å²) in [5.41, 5.74) is 2.43. The number of rotatable bonds is 3. The molecule has 20 heavy (non-hydrogen) atoms. The zero-order valence-electron chi connectivity index (χ0n) is 10.3. The van der Waals surface area contributed by atoms with E-state index in [-0.39, 0.29) is 5.13 Å². The summed E-state index contributed by atoms with van der Waals surface area (Å²) < 4.78 is 38.1. The van der Waals surface area contributed by atoms with Crippen LogP contribution in [0.1, 0.15) is 10.6 Å². The maximum Gasteiger partial charge on any atom is 0.435 e. The van der Waals surface area contributed by atoms with Crippen molar-refractivity contribution < 1.29 is 13.2 Å². The van der Waals surface area contributed by atoms with Crippen LogP contribution in [0.5, 0.6) is 0 Å². The number of nitrogens with one attached hydrogen (secondary N) is 1. The summed E-state index contributed by atoms with van der Waals surface area (Å²) >= 11 is 0.685. The van der Waals surface area contributed by atoms with Crippen molar-refractivity contribution in [1.29, 1.82) is 5.26 Å². The molecule has 0 radical (unpaired) electrons. The predicted molar refractivity (Wildman–Crippen MR) is 70.3 cm³/mol. The molecule has 0 spiro atoms. The van der Waals surface area contributed by atoms with E-state index in [0.29, 0.717) is 17.0 Å². The van der Waals surface area contributed by atoms with E-state index in [1.807, 2.05) is 6.07 Å². The van der Waals surface area contributed by atoms with Gasteiger partial charge in [0.25, 0.3) is 0 Å². The van der Waals surface area contributed by atoms with Gasteiger partial charge >= 0.3 is 6.18 Å². The third-order valence-corrected chi connectivity index (χ3v) is 3.38. The van der Waals surface area contributed by atoms with Crippen LogP contribution >= 0.6 is 11.3 Å². The van der Waals surface area contributed by atoms with Crippen molar-refractivity contribution in [3.63, 3.8) is 0 Å². The molecule has 1 heterocycles. The Bertz CT molecular complexity index is 630. The number of hydrazine groups is 1. The standard InChI is InChI=1S/C12H9F3N4S/c1-19(18-8-5-3-2-4-6-8)11-17-10(12(13,14)15)9(7-16)20-11/h2-6,18H,1H3. The van der Waals surface area contributed by atoms with Crippen molar-refractivity contribution in [2.75, 3.05) is 17.5 Å². The molecule has 4 nitrogen and oxygen atoms in total. The van der Waals surface area contributed by atoms with Gasteiger partial charge in [-0.05, 0) is 12.1 Å². The lowest BCUT2D eigenvalue weighted by atomic mass is 10.3. The van der Waals surface area contributed by atoms with Crippen LogP contribution < -0.4 is 10.4 Å². The molecule has 0 aliphatic rings.